The summed E-state index contributed by atoms with van der Waals surface area (Å²) in [5, 5.41) is 22.7. The van der Waals surface area contributed by atoms with E-state index >= 15 is 0 Å². The maximum Gasteiger partial charge on any atom is 0.271 e. The fraction of sp³-hybridized carbons (Fsp3) is 0.0870. The number of hydrogen-bond donors (Lipinski definition) is 4. The lowest BCUT2D eigenvalue weighted by molar-refractivity contribution is 0.0955. The van der Waals surface area contributed by atoms with Gasteiger partial charge in [0.25, 0.3) is 5.91 Å². The third kappa shape index (κ3) is 4.64. The molecule has 8 heteroatoms. The smallest absolute Gasteiger partial charge is 0.271 e. The molecule has 4 rings (SSSR count). The van der Waals surface area contributed by atoms with E-state index in [0.717, 1.165) is 28.2 Å². The number of imidazole rings is 1. The van der Waals surface area contributed by atoms with Crippen molar-refractivity contribution < 1.29 is 19.7 Å². The van der Waals surface area contributed by atoms with E-state index in [1.165, 1.54) is 18.3 Å². The molecule has 0 unspecified atom stereocenters. The van der Waals surface area contributed by atoms with Gasteiger partial charge in [-0.1, -0.05) is 12.1 Å². The zero-order valence-electron chi connectivity index (χ0n) is 16.7. The zero-order valence-corrected chi connectivity index (χ0v) is 16.7. The summed E-state index contributed by atoms with van der Waals surface area (Å²) in [6, 6.07) is 17.2. The van der Waals surface area contributed by atoms with Crippen molar-refractivity contribution in [2.75, 3.05) is 7.11 Å². The van der Waals surface area contributed by atoms with E-state index in [2.05, 4.69) is 20.5 Å². The number of carbonyl (C=O) groups is 1. The van der Waals surface area contributed by atoms with Crippen molar-refractivity contribution in [3.63, 3.8) is 0 Å². The molecule has 0 aliphatic rings. The summed E-state index contributed by atoms with van der Waals surface area (Å²) in [6.07, 6.45) is 2.00. The molecule has 0 atom stereocenters. The van der Waals surface area contributed by atoms with Gasteiger partial charge in [-0.2, -0.15) is 5.10 Å². The number of nitrogens with zero attached hydrogens (tertiary/aromatic N) is 2. The molecule has 1 aromatic heterocycles. The van der Waals surface area contributed by atoms with Gasteiger partial charge in [0.15, 0.2) is 11.5 Å². The van der Waals surface area contributed by atoms with Crippen LogP contribution in [0.25, 0.3) is 11.0 Å². The maximum absolute atomic E-state index is 12.4. The SMILES string of the molecule is COc1ccc(Cc2nc3ccc(C(=O)N/N=C\c4ccc(O)c(O)c4)cc3[nH]2)cc1. The number of H-pyrrole nitrogens is 1. The molecule has 0 spiro atoms. The predicted octanol–water partition coefficient (Wildman–Crippen LogP) is 3.34. The summed E-state index contributed by atoms with van der Waals surface area (Å²) in [7, 11) is 1.63. The molecule has 4 N–H and O–H groups in total. The first kappa shape index (κ1) is 20.0. The van der Waals surface area contributed by atoms with Gasteiger partial charge in [-0.05, 0) is 59.7 Å². The minimum absolute atomic E-state index is 0.222. The van der Waals surface area contributed by atoms with Gasteiger partial charge >= 0.3 is 0 Å². The largest absolute Gasteiger partial charge is 0.504 e. The Bertz CT molecular complexity index is 1260. The van der Waals surface area contributed by atoms with Gasteiger partial charge in [0.2, 0.25) is 0 Å². The number of carbonyl (C=O) groups excluding carboxylic acids is 1. The molecule has 0 aliphatic heterocycles. The van der Waals surface area contributed by atoms with Crippen molar-refractivity contribution in [1.29, 1.82) is 0 Å². The molecule has 0 bridgehead atoms. The number of phenols is 2. The number of hydrogen-bond acceptors (Lipinski definition) is 6. The van der Waals surface area contributed by atoms with Crippen LogP contribution in [0.4, 0.5) is 0 Å². The van der Waals surface area contributed by atoms with E-state index < -0.39 is 0 Å². The molecule has 4 aromatic rings. The Morgan fingerprint density at radius 3 is 2.65 bits per heavy atom. The molecule has 1 heterocycles. The number of phenolic OH excluding ortho intramolecular Hbond substituents is 2. The van der Waals surface area contributed by atoms with E-state index in [1.54, 1.807) is 31.4 Å². The van der Waals surface area contributed by atoms with Crippen LogP contribution in [0.1, 0.15) is 27.3 Å². The molecule has 156 valence electrons. The van der Waals surface area contributed by atoms with Crippen LogP contribution in [0.5, 0.6) is 17.2 Å². The first-order valence-corrected chi connectivity index (χ1v) is 9.49. The highest BCUT2D eigenvalue weighted by atomic mass is 16.5. The lowest BCUT2D eigenvalue weighted by Crippen LogP contribution is -2.17. The number of hydrazone groups is 1. The fourth-order valence-electron chi connectivity index (χ4n) is 3.07. The van der Waals surface area contributed by atoms with Crippen molar-refractivity contribution in [2.45, 2.75) is 6.42 Å². The normalized spacial score (nSPS) is 11.1. The Morgan fingerprint density at radius 1 is 1.10 bits per heavy atom. The molecule has 0 fully saturated rings. The standard InChI is InChI=1S/C23H20N4O4/c1-31-17-6-2-14(3-7-17)11-22-25-18-8-5-16(12-19(18)26-22)23(30)27-24-13-15-4-9-20(28)21(29)10-15/h2-10,12-13,28-29H,11H2,1H3,(H,25,26)(H,27,30)/b24-13-. The Labute approximate surface area is 177 Å². The van der Waals surface area contributed by atoms with Crippen LogP contribution in [-0.4, -0.2) is 39.4 Å². The summed E-state index contributed by atoms with van der Waals surface area (Å²) in [6.45, 7) is 0. The number of benzene rings is 3. The summed E-state index contributed by atoms with van der Waals surface area (Å²) in [5.41, 5.74) is 6.01. The van der Waals surface area contributed by atoms with E-state index in [9.17, 15) is 15.0 Å². The van der Waals surface area contributed by atoms with Crippen molar-refractivity contribution in [1.82, 2.24) is 15.4 Å². The van der Waals surface area contributed by atoms with Gasteiger partial charge in [0.1, 0.15) is 11.6 Å². The van der Waals surface area contributed by atoms with Gasteiger partial charge in [-0.15, -0.1) is 0 Å². The van der Waals surface area contributed by atoms with Crippen LogP contribution < -0.4 is 10.2 Å². The average molecular weight is 416 g/mol. The molecular weight excluding hydrogens is 396 g/mol. The van der Waals surface area contributed by atoms with E-state index in [4.69, 9.17) is 4.74 Å². The van der Waals surface area contributed by atoms with Gasteiger partial charge in [0.05, 0.1) is 24.4 Å². The number of rotatable bonds is 6. The second kappa shape index (κ2) is 8.58. The number of methoxy groups -OCH3 is 1. The number of nitrogens with one attached hydrogen (secondary N) is 2. The Morgan fingerprint density at radius 2 is 1.90 bits per heavy atom. The van der Waals surface area contributed by atoms with Gasteiger partial charge < -0.3 is 19.9 Å². The van der Waals surface area contributed by atoms with E-state index in [1.807, 2.05) is 24.3 Å². The fourth-order valence-corrected chi connectivity index (χ4v) is 3.07. The third-order valence-corrected chi connectivity index (χ3v) is 4.70. The first-order chi connectivity index (χ1) is 15.0. The summed E-state index contributed by atoms with van der Waals surface area (Å²) in [5.74, 6) is 0.732. The second-order valence-electron chi connectivity index (χ2n) is 6.89. The Balaban J connectivity index is 1.44. The molecule has 3 aromatic carbocycles. The lowest BCUT2D eigenvalue weighted by atomic mass is 10.1. The number of ether oxygens (including phenoxy) is 1. The number of amides is 1. The summed E-state index contributed by atoms with van der Waals surface area (Å²) in [4.78, 5) is 20.2. The second-order valence-corrected chi connectivity index (χ2v) is 6.89. The van der Waals surface area contributed by atoms with Gasteiger partial charge in [0, 0.05) is 12.0 Å². The lowest BCUT2D eigenvalue weighted by Gasteiger charge is -2.01. The van der Waals surface area contributed by atoms with E-state index in [-0.39, 0.29) is 17.4 Å². The molecule has 0 saturated heterocycles. The summed E-state index contributed by atoms with van der Waals surface area (Å²) >= 11 is 0. The topological polar surface area (TPSA) is 120 Å². The van der Waals surface area contributed by atoms with Gasteiger partial charge in [-0.3, -0.25) is 4.79 Å². The highest BCUT2D eigenvalue weighted by Gasteiger charge is 2.09. The monoisotopic (exact) mass is 416 g/mol. The zero-order chi connectivity index (χ0) is 21.8. The molecule has 0 radical (unpaired) electrons. The van der Waals surface area contributed by atoms with Crippen molar-refractivity contribution in [3.8, 4) is 17.2 Å². The third-order valence-electron chi connectivity index (χ3n) is 4.70. The molecule has 8 nitrogen and oxygen atoms in total. The van der Waals surface area contributed by atoms with Crippen LogP contribution in [0.2, 0.25) is 0 Å². The summed E-state index contributed by atoms with van der Waals surface area (Å²) < 4.78 is 5.17. The van der Waals surface area contributed by atoms with Crippen LogP contribution in [-0.2, 0) is 6.42 Å². The number of fused-ring (bicyclic) bond motifs is 1. The first-order valence-electron chi connectivity index (χ1n) is 9.49. The van der Waals surface area contributed by atoms with Crippen molar-refractivity contribution >= 4 is 23.2 Å². The molecule has 0 aliphatic carbocycles. The van der Waals surface area contributed by atoms with E-state index in [0.29, 0.717) is 17.5 Å². The number of aromatic hydroxyl groups is 2. The quantitative estimate of drug-likeness (QED) is 0.218. The van der Waals surface area contributed by atoms with Crippen molar-refractivity contribution in [2.24, 2.45) is 5.10 Å². The molecule has 1 amide bonds. The highest BCUT2D eigenvalue weighted by molar-refractivity contribution is 5.97. The minimum Gasteiger partial charge on any atom is -0.504 e. The Kier molecular flexibility index (Phi) is 5.53. The molecule has 31 heavy (non-hydrogen) atoms. The average Bonchev–Trinajstić information content (AvgIpc) is 3.18. The minimum atomic E-state index is -0.382. The van der Waals surface area contributed by atoms with Crippen molar-refractivity contribution in [3.05, 3.63) is 83.2 Å². The number of aromatic amines is 1. The Hall–Kier alpha value is -4.33. The maximum atomic E-state index is 12.4. The van der Waals surface area contributed by atoms with Gasteiger partial charge in [-0.25, -0.2) is 10.4 Å². The molecule has 0 saturated carbocycles. The number of aromatic nitrogens is 2. The predicted molar refractivity (Wildman–Crippen MR) is 117 cm³/mol. The van der Waals surface area contributed by atoms with Crippen LogP contribution in [0.3, 0.4) is 0 Å². The van der Waals surface area contributed by atoms with Crippen LogP contribution >= 0.6 is 0 Å². The molecular formula is C23H20N4O4. The van der Waals surface area contributed by atoms with Crippen LogP contribution in [0, 0.1) is 0 Å². The van der Waals surface area contributed by atoms with Crippen LogP contribution in [0.15, 0.2) is 65.8 Å². The highest BCUT2D eigenvalue weighted by Crippen LogP contribution is 2.24.